The van der Waals surface area contributed by atoms with Crippen molar-refractivity contribution in [2.24, 2.45) is 0 Å². The van der Waals surface area contributed by atoms with E-state index in [1.807, 2.05) is 50.2 Å². The molecule has 0 atom stereocenters. The van der Waals surface area contributed by atoms with Gasteiger partial charge in [-0.3, -0.25) is 9.10 Å². The Morgan fingerprint density at radius 3 is 2.48 bits per heavy atom. The topological polar surface area (TPSA) is 105 Å². The summed E-state index contributed by atoms with van der Waals surface area (Å²) in [5.41, 5.74) is 3.46. The average Bonchev–Trinajstić information content (AvgIpc) is 3.19. The summed E-state index contributed by atoms with van der Waals surface area (Å²) < 4.78 is 30.9. The molecule has 164 valence electrons. The molecule has 0 saturated carbocycles. The number of rotatable bonds is 9. The zero-order valence-corrected chi connectivity index (χ0v) is 18.6. The van der Waals surface area contributed by atoms with Crippen LogP contribution in [0.3, 0.4) is 0 Å². The fourth-order valence-corrected chi connectivity index (χ4v) is 4.12. The van der Waals surface area contributed by atoms with Crippen LogP contribution in [0.4, 0.5) is 5.69 Å². The SMILES string of the molecule is Cc1ccc(-c2noc(CNC(=O)CCCN(c3ccccc3C)S(C)(=O)=O)n2)cc1. The van der Waals surface area contributed by atoms with E-state index in [-0.39, 0.29) is 25.4 Å². The Bertz CT molecular complexity index is 1140. The van der Waals surface area contributed by atoms with Gasteiger partial charge < -0.3 is 9.84 Å². The highest BCUT2D eigenvalue weighted by Gasteiger charge is 2.19. The maximum Gasteiger partial charge on any atom is 0.246 e. The van der Waals surface area contributed by atoms with Gasteiger partial charge in [-0.2, -0.15) is 4.98 Å². The lowest BCUT2D eigenvalue weighted by molar-refractivity contribution is -0.121. The van der Waals surface area contributed by atoms with Crippen molar-refractivity contribution in [2.75, 3.05) is 17.1 Å². The summed E-state index contributed by atoms with van der Waals surface area (Å²) in [5.74, 6) is 0.557. The van der Waals surface area contributed by atoms with Gasteiger partial charge >= 0.3 is 0 Å². The zero-order valence-electron chi connectivity index (χ0n) is 17.8. The van der Waals surface area contributed by atoms with Gasteiger partial charge in [-0.1, -0.05) is 53.2 Å². The van der Waals surface area contributed by atoms with E-state index in [1.54, 1.807) is 12.1 Å². The molecule has 0 aliphatic rings. The van der Waals surface area contributed by atoms with Crippen LogP contribution in [-0.2, 0) is 21.4 Å². The van der Waals surface area contributed by atoms with Gasteiger partial charge in [0.1, 0.15) is 0 Å². The van der Waals surface area contributed by atoms with E-state index in [9.17, 15) is 13.2 Å². The third kappa shape index (κ3) is 6.14. The molecule has 0 unspecified atom stereocenters. The molecule has 0 bridgehead atoms. The molecule has 0 fully saturated rings. The van der Waals surface area contributed by atoms with Crippen molar-refractivity contribution in [1.82, 2.24) is 15.5 Å². The Morgan fingerprint density at radius 2 is 1.81 bits per heavy atom. The number of nitrogens with one attached hydrogen (secondary N) is 1. The number of sulfonamides is 1. The molecule has 8 nitrogen and oxygen atoms in total. The van der Waals surface area contributed by atoms with E-state index in [4.69, 9.17) is 4.52 Å². The van der Waals surface area contributed by atoms with Crippen molar-refractivity contribution in [3.63, 3.8) is 0 Å². The van der Waals surface area contributed by atoms with Gasteiger partial charge in [0, 0.05) is 18.5 Å². The summed E-state index contributed by atoms with van der Waals surface area (Å²) in [6.45, 7) is 4.19. The molecular weight excluding hydrogens is 416 g/mol. The van der Waals surface area contributed by atoms with Gasteiger partial charge in [-0.15, -0.1) is 0 Å². The minimum absolute atomic E-state index is 0.116. The number of aryl methyl sites for hydroxylation is 2. The number of hydrogen-bond donors (Lipinski definition) is 1. The number of carbonyl (C=O) groups is 1. The van der Waals surface area contributed by atoms with Crippen LogP contribution in [0.2, 0.25) is 0 Å². The van der Waals surface area contributed by atoms with Crippen molar-refractivity contribution in [1.29, 1.82) is 0 Å². The number of para-hydroxylation sites is 1. The molecule has 9 heteroatoms. The minimum atomic E-state index is -3.45. The normalized spacial score (nSPS) is 11.3. The second kappa shape index (κ2) is 9.74. The predicted molar refractivity (Wildman–Crippen MR) is 119 cm³/mol. The Kier molecular flexibility index (Phi) is 7.06. The monoisotopic (exact) mass is 442 g/mol. The summed E-state index contributed by atoms with van der Waals surface area (Å²) in [5, 5.41) is 6.67. The Balaban J connectivity index is 1.51. The highest BCUT2D eigenvalue weighted by Crippen LogP contribution is 2.22. The number of benzene rings is 2. The number of nitrogens with zero attached hydrogens (tertiary/aromatic N) is 3. The Morgan fingerprint density at radius 1 is 1.10 bits per heavy atom. The third-order valence-corrected chi connectivity index (χ3v) is 5.94. The molecule has 1 heterocycles. The molecule has 1 amide bonds. The first-order chi connectivity index (χ1) is 14.7. The van der Waals surface area contributed by atoms with Crippen LogP contribution in [0, 0.1) is 13.8 Å². The number of hydrogen-bond acceptors (Lipinski definition) is 6. The molecule has 0 aliphatic carbocycles. The maximum atomic E-state index is 12.2. The second-order valence-electron chi connectivity index (χ2n) is 7.38. The molecule has 3 rings (SSSR count). The van der Waals surface area contributed by atoms with Gasteiger partial charge in [0.25, 0.3) is 0 Å². The molecule has 0 aliphatic heterocycles. The van der Waals surface area contributed by atoms with Gasteiger partial charge in [0.15, 0.2) is 0 Å². The van der Waals surface area contributed by atoms with Crippen LogP contribution in [0.5, 0.6) is 0 Å². The van der Waals surface area contributed by atoms with Crippen LogP contribution < -0.4 is 9.62 Å². The van der Waals surface area contributed by atoms with E-state index < -0.39 is 10.0 Å². The van der Waals surface area contributed by atoms with Gasteiger partial charge in [-0.25, -0.2) is 8.42 Å². The van der Waals surface area contributed by atoms with Crippen molar-refractivity contribution >= 4 is 21.6 Å². The van der Waals surface area contributed by atoms with Crippen molar-refractivity contribution < 1.29 is 17.7 Å². The molecule has 3 aromatic rings. The highest BCUT2D eigenvalue weighted by molar-refractivity contribution is 7.92. The number of anilines is 1. The first-order valence-corrected chi connectivity index (χ1v) is 11.8. The third-order valence-electron chi connectivity index (χ3n) is 4.76. The zero-order chi connectivity index (χ0) is 22.4. The fraction of sp³-hybridized carbons (Fsp3) is 0.318. The molecular formula is C22H26N4O4S. The van der Waals surface area contributed by atoms with Gasteiger partial charge in [-0.05, 0) is 31.9 Å². The van der Waals surface area contributed by atoms with Crippen LogP contribution >= 0.6 is 0 Å². The highest BCUT2D eigenvalue weighted by atomic mass is 32.2. The van der Waals surface area contributed by atoms with Crippen molar-refractivity contribution in [3.05, 3.63) is 65.5 Å². The number of carbonyl (C=O) groups excluding carboxylic acids is 1. The summed E-state index contributed by atoms with van der Waals surface area (Å²) in [7, 11) is -3.45. The Labute approximate surface area is 182 Å². The smallest absolute Gasteiger partial charge is 0.246 e. The van der Waals surface area contributed by atoms with Crippen LogP contribution in [-0.4, -0.2) is 37.3 Å². The van der Waals surface area contributed by atoms with E-state index in [0.717, 1.165) is 16.7 Å². The van der Waals surface area contributed by atoms with Crippen LogP contribution in [0.1, 0.15) is 29.9 Å². The summed E-state index contributed by atoms with van der Waals surface area (Å²) in [4.78, 5) is 16.5. The van der Waals surface area contributed by atoms with Crippen LogP contribution in [0.15, 0.2) is 53.1 Å². The van der Waals surface area contributed by atoms with E-state index in [2.05, 4.69) is 15.5 Å². The molecule has 1 N–H and O–H groups in total. The molecule has 2 aromatic carbocycles. The van der Waals surface area contributed by atoms with Crippen molar-refractivity contribution in [3.8, 4) is 11.4 Å². The number of amides is 1. The fourth-order valence-electron chi connectivity index (χ4n) is 3.10. The van der Waals surface area contributed by atoms with E-state index >= 15 is 0 Å². The van der Waals surface area contributed by atoms with Crippen LogP contribution in [0.25, 0.3) is 11.4 Å². The summed E-state index contributed by atoms with van der Waals surface area (Å²) >= 11 is 0. The lowest BCUT2D eigenvalue weighted by atomic mass is 10.1. The van der Waals surface area contributed by atoms with Gasteiger partial charge in [0.2, 0.25) is 27.6 Å². The summed E-state index contributed by atoms with van der Waals surface area (Å²) in [6, 6.07) is 15.0. The summed E-state index contributed by atoms with van der Waals surface area (Å²) in [6.07, 6.45) is 1.73. The average molecular weight is 443 g/mol. The Hall–Kier alpha value is -3.20. The lowest BCUT2D eigenvalue weighted by Gasteiger charge is -2.24. The molecule has 1 aromatic heterocycles. The number of aromatic nitrogens is 2. The van der Waals surface area contributed by atoms with Crippen molar-refractivity contribution in [2.45, 2.75) is 33.2 Å². The first kappa shape index (κ1) is 22.5. The molecule has 31 heavy (non-hydrogen) atoms. The largest absolute Gasteiger partial charge is 0.347 e. The van der Waals surface area contributed by atoms with Gasteiger partial charge in [0.05, 0.1) is 18.5 Å². The predicted octanol–water partition coefficient (Wildman–Crippen LogP) is 3.22. The molecule has 0 spiro atoms. The second-order valence-corrected chi connectivity index (χ2v) is 9.29. The molecule has 0 radical (unpaired) electrons. The maximum absolute atomic E-state index is 12.2. The first-order valence-electron chi connectivity index (χ1n) is 9.94. The van der Waals surface area contributed by atoms with E-state index in [0.29, 0.717) is 23.8 Å². The van der Waals surface area contributed by atoms with E-state index in [1.165, 1.54) is 10.6 Å². The standard InChI is InChI=1S/C22H26N4O4S/c1-16-10-12-18(13-11-16)22-24-21(30-25-22)15-23-20(27)9-6-14-26(31(3,28)29)19-8-5-4-7-17(19)2/h4-5,7-8,10-13H,6,9,14-15H2,1-3H3,(H,23,27). The molecule has 0 saturated heterocycles. The quantitative estimate of drug-likeness (QED) is 0.545. The lowest BCUT2D eigenvalue weighted by Crippen LogP contribution is -2.32. The minimum Gasteiger partial charge on any atom is -0.347 e.